The Bertz CT molecular complexity index is 758. The van der Waals surface area contributed by atoms with Crippen LogP contribution in [0.4, 0.5) is 0 Å². The van der Waals surface area contributed by atoms with E-state index in [1.165, 1.54) is 0 Å². The summed E-state index contributed by atoms with van der Waals surface area (Å²) in [5.74, 6) is 0. The zero-order chi connectivity index (χ0) is 12.5. The molecule has 0 aliphatic carbocycles. The van der Waals surface area contributed by atoms with Crippen molar-refractivity contribution in [2.75, 3.05) is 0 Å². The Balaban J connectivity index is 2.16. The van der Waals surface area contributed by atoms with Gasteiger partial charge in [-0.15, -0.1) is 11.3 Å². The molecule has 0 spiro atoms. The standard InChI is InChI=1S/C14H12N2OS/c1-10-15-8-12(18-10)9-16-13-5-3-2-4-11(13)6-7-14(16)17/h2-8H,9H2,1H3. The van der Waals surface area contributed by atoms with Gasteiger partial charge in [-0.1, -0.05) is 18.2 Å². The van der Waals surface area contributed by atoms with Crippen molar-refractivity contribution >= 4 is 22.2 Å². The van der Waals surface area contributed by atoms with E-state index in [4.69, 9.17) is 0 Å². The molecule has 0 aliphatic heterocycles. The zero-order valence-electron chi connectivity index (χ0n) is 9.96. The van der Waals surface area contributed by atoms with E-state index in [0.717, 1.165) is 20.8 Å². The molecule has 0 saturated carbocycles. The summed E-state index contributed by atoms with van der Waals surface area (Å²) < 4.78 is 1.79. The molecule has 0 atom stereocenters. The lowest BCUT2D eigenvalue weighted by molar-refractivity contribution is 0.805. The van der Waals surface area contributed by atoms with Crippen LogP contribution in [0, 0.1) is 6.92 Å². The second-order valence-electron chi connectivity index (χ2n) is 4.16. The van der Waals surface area contributed by atoms with E-state index >= 15 is 0 Å². The molecule has 0 aliphatic rings. The number of para-hydroxylation sites is 1. The summed E-state index contributed by atoms with van der Waals surface area (Å²) in [7, 11) is 0. The van der Waals surface area contributed by atoms with Gasteiger partial charge in [0.1, 0.15) is 0 Å². The highest BCUT2D eigenvalue weighted by molar-refractivity contribution is 7.11. The first-order chi connectivity index (χ1) is 8.74. The van der Waals surface area contributed by atoms with Crippen LogP contribution in [0.3, 0.4) is 0 Å². The fourth-order valence-electron chi connectivity index (χ4n) is 2.04. The Hall–Kier alpha value is -1.94. The van der Waals surface area contributed by atoms with Gasteiger partial charge in [-0.05, 0) is 24.4 Å². The third kappa shape index (κ3) is 1.95. The molecule has 0 saturated heterocycles. The molecule has 3 aromatic rings. The molecule has 0 radical (unpaired) electrons. The molecule has 0 amide bonds. The lowest BCUT2D eigenvalue weighted by Crippen LogP contribution is -2.19. The van der Waals surface area contributed by atoms with Crippen LogP contribution in [0.25, 0.3) is 10.9 Å². The summed E-state index contributed by atoms with van der Waals surface area (Å²) >= 11 is 1.63. The summed E-state index contributed by atoms with van der Waals surface area (Å²) in [4.78, 5) is 17.3. The van der Waals surface area contributed by atoms with Gasteiger partial charge in [0.25, 0.3) is 5.56 Å². The molecule has 2 aromatic heterocycles. The molecule has 0 fully saturated rings. The summed E-state index contributed by atoms with van der Waals surface area (Å²) in [6.45, 7) is 2.56. The number of benzene rings is 1. The maximum absolute atomic E-state index is 12.0. The van der Waals surface area contributed by atoms with E-state index in [1.807, 2.05) is 43.5 Å². The van der Waals surface area contributed by atoms with Crippen molar-refractivity contribution < 1.29 is 0 Å². The van der Waals surface area contributed by atoms with Crippen molar-refractivity contribution in [1.29, 1.82) is 0 Å². The van der Waals surface area contributed by atoms with Crippen LogP contribution in [-0.4, -0.2) is 9.55 Å². The number of hydrogen-bond donors (Lipinski definition) is 0. The molecular formula is C14H12N2OS. The van der Waals surface area contributed by atoms with Gasteiger partial charge in [0.05, 0.1) is 17.1 Å². The van der Waals surface area contributed by atoms with Gasteiger partial charge in [-0.3, -0.25) is 4.79 Å². The summed E-state index contributed by atoms with van der Waals surface area (Å²) in [6, 6.07) is 11.4. The molecular weight excluding hydrogens is 244 g/mol. The molecule has 2 heterocycles. The quantitative estimate of drug-likeness (QED) is 0.706. The average molecular weight is 256 g/mol. The molecule has 1 aromatic carbocycles. The minimum absolute atomic E-state index is 0.0275. The third-order valence-electron chi connectivity index (χ3n) is 2.88. The first kappa shape index (κ1) is 11.2. The van der Waals surface area contributed by atoms with Crippen molar-refractivity contribution in [3.05, 3.63) is 62.8 Å². The number of nitrogens with zero attached hydrogens (tertiary/aromatic N) is 2. The van der Waals surface area contributed by atoms with Gasteiger partial charge in [0, 0.05) is 17.1 Å². The molecule has 0 unspecified atom stereocenters. The van der Waals surface area contributed by atoms with E-state index in [-0.39, 0.29) is 5.56 Å². The predicted octanol–water partition coefficient (Wildman–Crippen LogP) is 2.81. The number of hydrogen-bond acceptors (Lipinski definition) is 3. The Morgan fingerprint density at radius 3 is 2.83 bits per heavy atom. The first-order valence-corrected chi connectivity index (χ1v) is 6.55. The smallest absolute Gasteiger partial charge is 0.251 e. The maximum atomic E-state index is 12.0. The number of thiazole rings is 1. The number of aryl methyl sites for hydroxylation is 1. The fraction of sp³-hybridized carbons (Fsp3) is 0.143. The van der Waals surface area contributed by atoms with Gasteiger partial charge >= 0.3 is 0 Å². The second-order valence-corrected chi connectivity index (χ2v) is 5.48. The van der Waals surface area contributed by atoms with E-state index in [0.29, 0.717) is 6.54 Å². The zero-order valence-corrected chi connectivity index (χ0v) is 10.8. The monoisotopic (exact) mass is 256 g/mol. The minimum Gasteiger partial charge on any atom is -0.303 e. The second kappa shape index (κ2) is 4.38. The first-order valence-electron chi connectivity index (χ1n) is 5.74. The van der Waals surface area contributed by atoms with Gasteiger partial charge in [0.15, 0.2) is 0 Å². The fourth-order valence-corrected chi connectivity index (χ4v) is 2.83. The Morgan fingerprint density at radius 2 is 2.06 bits per heavy atom. The van der Waals surface area contributed by atoms with Crippen LogP contribution >= 0.6 is 11.3 Å². The van der Waals surface area contributed by atoms with E-state index in [2.05, 4.69) is 4.98 Å². The van der Waals surface area contributed by atoms with Gasteiger partial charge < -0.3 is 4.57 Å². The molecule has 3 rings (SSSR count). The Kier molecular flexibility index (Phi) is 2.72. The van der Waals surface area contributed by atoms with Crippen LogP contribution in [-0.2, 0) is 6.54 Å². The molecule has 18 heavy (non-hydrogen) atoms. The largest absolute Gasteiger partial charge is 0.303 e. The predicted molar refractivity (Wildman–Crippen MR) is 74.2 cm³/mol. The van der Waals surface area contributed by atoms with Crippen molar-refractivity contribution in [2.24, 2.45) is 0 Å². The van der Waals surface area contributed by atoms with Crippen molar-refractivity contribution in [1.82, 2.24) is 9.55 Å². The molecule has 0 N–H and O–H groups in total. The third-order valence-corrected chi connectivity index (χ3v) is 3.78. The summed E-state index contributed by atoms with van der Waals surface area (Å²) in [5.41, 5.74) is 0.996. The van der Waals surface area contributed by atoms with Gasteiger partial charge in [0.2, 0.25) is 0 Å². The number of fused-ring (bicyclic) bond motifs is 1. The topological polar surface area (TPSA) is 34.9 Å². The van der Waals surface area contributed by atoms with Crippen LogP contribution in [0.5, 0.6) is 0 Å². The maximum Gasteiger partial charge on any atom is 0.251 e. The van der Waals surface area contributed by atoms with E-state index in [9.17, 15) is 4.79 Å². The molecule has 3 nitrogen and oxygen atoms in total. The minimum atomic E-state index is 0.0275. The summed E-state index contributed by atoms with van der Waals surface area (Å²) in [5, 5.41) is 2.11. The Morgan fingerprint density at radius 1 is 1.22 bits per heavy atom. The average Bonchev–Trinajstić information content (AvgIpc) is 2.79. The highest BCUT2D eigenvalue weighted by Gasteiger charge is 2.05. The lowest BCUT2D eigenvalue weighted by Gasteiger charge is -2.08. The normalized spacial score (nSPS) is 10.9. The van der Waals surface area contributed by atoms with E-state index in [1.54, 1.807) is 22.0 Å². The molecule has 90 valence electrons. The highest BCUT2D eigenvalue weighted by Crippen LogP contribution is 2.16. The van der Waals surface area contributed by atoms with E-state index < -0.39 is 0 Å². The van der Waals surface area contributed by atoms with Crippen LogP contribution in [0.2, 0.25) is 0 Å². The van der Waals surface area contributed by atoms with Crippen LogP contribution in [0.1, 0.15) is 9.88 Å². The number of aromatic nitrogens is 2. The SMILES string of the molecule is Cc1ncc(Cn2c(=O)ccc3ccccc32)s1. The van der Waals surface area contributed by atoms with Crippen LogP contribution in [0.15, 0.2) is 47.4 Å². The Labute approximate surface area is 108 Å². The number of pyridine rings is 1. The van der Waals surface area contributed by atoms with Crippen molar-refractivity contribution in [3.8, 4) is 0 Å². The van der Waals surface area contributed by atoms with Gasteiger partial charge in [-0.2, -0.15) is 0 Å². The van der Waals surface area contributed by atoms with Crippen LogP contribution < -0.4 is 5.56 Å². The molecule has 0 bridgehead atoms. The molecule has 4 heteroatoms. The van der Waals surface area contributed by atoms with Gasteiger partial charge in [-0.25, -0.2) is 4.98 Å². The van der Waals surface area contributed by atoms with Crippen molar-refractivity contribution in [3.63, 3.8) is 0 Å². The summed E-state index contributed by atoms with van der Waals surface area (Å²) in [6.07, 6.45) is 1.84. The lowest BCUT2D eigenvalue weighted by atomic mass is 10.2. The van der Waals surface area contributed by atoms with Crippen molar-refractivity contribution in [2.45, 2.75) is 13.5 Å². The number of rotatable bonds is 2. The highest BCUT2D eigenvalue weighted by atomic mass is 32.1.